The van der Waals surface area contributed by atoms with Crippen molar-refractivity contribution in [1.29, 1.82) is 0 Å². The summed E-state index contributed by atoms with van der Waals surface area (Å²) in [6.07, 6.45) is 0. The number of fused-ring (bicyclic) bond motifs is 4. The van der Waals surface area contributed by atoms with E-state index in [0.717, 1.165) is 8.80 Å². The van der Waals surface area contributed by atoms with Crippen molar-refractivity contribution in [2.75, 3.05) is 23.8 Å². The Labute approximate surface area is 436 Å². The van der Waals surface area contributed by atoms with E-state index < -0.39 is 46.9 Å². The van der Waals surface area contributed by atoms with E-state index in [2.05, 4.69) is 62.3 Å². The van der Waals surface area contributed by atoms with E-state index in [1.165, 1.54) is 24.3 Å². The number of carboxylic acids is 2. The molecule has 2 aliphatic heterocycles. The molecular weight excluding hydrogens is 1020 g/mol. The highest BCUT2D eigenvalue weighted by Crippen LogP contribution is 2.29. The molecule has 4 aromatic heterocycles. The van der Waals surface area contributed by atoms with Gasteiger partial charge in [0.05, 0.1) is 22.5 Å². The van der Waals surface area contributed by atoms with E-state index in [1.54, 1.807) is 74.5 Å². The van der Waals surface area contributed by atoms with Crippen LogP contribution in [0.1, 0.15) is 96.1 Å². The van der Waals surface area contributed by atoms with Gasteiger partial charge in [-0.3, -0.25) is 28.8 Å². The van der Waals surface area contributed by atoms with Crippen LogP contribution in [-0.4, -0.2) is 110 Å². The smallest absolute Gasteiger partial charge is 0.349 e. The Morgan fingerprint density at radius 3 is 1.24 bits per heavy atom. The first-order valence-electron chi connectivity index (χ1n) is 23.2. The fourth-order valence-corrected chi connectivity index (χ4v) is 8.12. The number of H-pyrrole nitrogens is 2. The molecule has 6 heterocycles. The number of rotatable bonds is 14. The third-order valence-corrected chi connectivity index (χ3v) is 11.9. The molecule has 8 aromatic rings. The molecule has 28 heteroatoms. The number of carbonyl (C=O) groups excluding carboxylic acids is 6. The highest BCUT2D eigenvalue weighted by atomic mass is 16.5. The number of hydrogen-bond acceptors (Lipinski definition) is 16. The highest BCUT2D eigenvalue weighted by molar-refractivity contribution is 6.00. The van der Waals surface area contributed by atoms with Crippen molar-refractivity contribution in [2.45, 2.75) is 40.0 Å². The fourth-order valence-electron chi connectivity index (χ4n) is 8.12. The minimum Gasteiger partial charge on any atom is -0.482 e. The second-order valence-electron chi connectivity index (χ2n) is 17.4. The molecule has 0 saturated heterocycles. The average molecular weight is 1060 g/mol. The summed E-state index contributed by atoms with van der Waals surface area (Å²) in [5.41, 5.74) is 2.89. The summed E-state index contributed by atoms with van der Waals surface area (Å²) in [5.74, 6) is -4.60. The molecule has 6 amide bonds. The van der Waals surface area contributed by atoms with Gasteiger partial charge in [-0.05, 0) is 95.8 Å². The molecule has 2 aliphatic rings. The van der Waals surface area contributed by atoms with Crippen LogP contribution in [0.25, 0.3) is 11.6 Å². The second-order valence-corrected chi connectivity index (χ2v) is 17.4. The number of carbonyl (C=O) groups is 8. The first-order chi connectivity index (χ1) is 37.4. The van der Waals surface area contributed by atoms with E-state index in [4.69, 9.17) is 9.47 Å². The standard InChI is InChI=1S/2C25H21N7O7/c1-12-6-13(2-4-15(12)23(36)37)9-27-22(35)18-8-17(29-24-30-31-25(38)32(18)24)21(34)26-10-14-3-5-19-16(7-14)28-20(33)11-39-19;1-12-6-13(2-4-15(12)23(36)37)9-26-21(34)17-8-18(32-24(29-17)30-31-25(32)38)22(35)27-10-14-3-5-19-16(7-14)28-20(33)11-39-19/h2*2-8H,9-11H2,1H3,(H,26,34)(H,27,35)(H,28,33)(H,31,38)(H,36,37). The Hall–Kier alpha value is -11.1. The number of benzene rings is 4. The summed E-state index contributed by atoms with van der Waals surface area (Å²) in [6.45, 7) is 3.38. The van der Waals surface area contributed by atoms with Gasteiger partial charge in [-0.1, -0.05) is 36.4 Å². The molecular formula is C50H42N14O14. The van der Waals surface area contributed by atoms with Gasteiger partial charge in [0.25, 0.3) is 47.0 Å². The predicted molar refractivity (Wildman–Crippen MR) is 269 cm³/mol. The van der Waals surface area contributed by atoms with Crippen LogP contribution in [-0.2, 0) is 35.8 Å². The van der Waals surface area contributed by atoms with Crippen molar-refractivity contribution >= 4 is 70.3 Å². The summed E-state index contributed by atoms with van der Waals surface area (Å²) in [4.78, 5) is 130. The molecule has 0 atom stereocenters. The lowest BCUT2D eigenvalue weighted by Gasteiger charge is -2.18. The van der Waals surface area contributed by atoms with E-state index in [1.807, 2.05) is 0 Å². The predicted octanol–water partition coefficient (Wildman–Crippen LogP) is 1.23. The minimum atomic E-state index is -1.06. The Balaban J connectivity index is 0.000000190. The van der Waals surface area contributed by atoms with E-state index >= 15 is 0 Å². The summed E-state index contributed by atoms with van der Waals surface area (Å²) >= 11 is 0. The largest absolute Gasteiger partial charge is 0.482 e. The van der Waals surface area contributed by atoms with E-state index in [0.29, 0.717) is 56.3 Å². The first-order valence-corrected chi connectivity index (χ1v) is 23.2. The maximum absolute atomic E-state index is 13.1. The number of aromatic carboxylic acids is 2. The Kier molecular flexibility index (Phi) is 14.5. The molecule has 0 spiro atoms. The van der Waals surface area contributed by atoms with Crippen LogP contribution in [0.15, 0.2) is 94.5 Å². The third-order valence-electron chi connectivity index (χ3n) is 11.9. The Morgan fingerprint density at radius 1 is 0.513 bits per heavy atom. The normalized spacial score (nSPS) is 12.3. The van der Waals surface area contributed by atoms with Gasteiger partial charge in [-0.15, -0.1) is 10.2 Å². The molecule has 0 fully saturated rings. The molecule has 10 rings (SSSR count). The number of aryl methyl sites for hydroxylation is 2. The van der Waals surface area contributed by atoms with Gasteiger partial charge < -0.3 is 51.6 Å². The quantitative estimate of drug-likeness (QED) is 0.0732. The zero-order chi connectivity index (χ0) is 55.4. The number of aromatic amines is 2. The fraction of sp³-hybridized carbons (Fsp3) is 0.160. The first kappa shape index (κ1) is 51.8. The molecule has 0 radical (unpaired) electrons. The lowest BCUT2D eigenvalue weighted by atomic mass is 10.1. The van der Waals surface area contributed by atoms with Crippen LogP contribution in [0, 0.1) is 13.8 Å². The Morgan fingerprint density at radius 2 is 0.872 bits per heavy atom. The monoisotopic (exact) mass is 1060 g/mol. The molecule has 28 nitrogen and oxygen atoms in total. The molecule has 0 saturated carbocycles. The summed E-state index contributed by atoms with van der Waals surface area (Å²) < 4.78 is 12.5. The van der Waals surface area contributed by atoms with Crippen molar-refractivity contribution < 1.29 is 58.0 Å². The number of anilines is 2. The van der Waals surface area contributed by atoms with Gasteiger partial charge in [0, 0.05) is 26.2 Å². The number of nitrogens with one attached hydrogen (secondary N) is 8. The molecule has 10 N–H and O–H groups in total. The molecule has 4 aromatic carbocycles. The summed E-state index contributed by atoms with van der Waals surface area (Å²) in [7, 11) is 0. The van der Waals surface area contributed by atoms with Crippen LogP contribution in [0.4, 0.5) is 11.4 Å². The topological polar surface area (TPSA) is 394 Å². The number of aromatic nitrogens is 8. The number of hydrogen-bond donors (Lipinski definition) is 10. The van der Waals surface area contributed by atoms with Crippen molar-refractivity contribution in [2.24, 2.45) is 0 Å². The van der Waals surface area contributed by atoms with Gasteiger partial charge in [-0.25, -0.2) is 48.1 Å². The van der Waals surface area contributed by atoms with E-state index in [-0.39, 0.29) is 96.7 Å². The van der Waals surface area contributed by atoms with Crippen LogP contribution in [0.2, 0.25) is 0 Å². The summed E-state index contributed by atoms with van der Waals surface area (Å²) in [6, 6.07) is 21.8. The number of carboxylic acid groups (broad SMARTS) is 2. The average Bonchev–Trinajstić information content (AvgIpc) is 4.03. The van der Waals surface area contributed by atoms with Crippen LogP contribution in [0.3, 0.4) is 0 Å². The maximum Gasteiger partial charge on any atom is 0.349 e. The lowest BCUT2D eigenvalue weighted by Crippen LogP contribution is -2.30. The van der Waals surface area contributed by atoms with Gasteiger partial charge in [0.1, 0.15) is 34.3 Å². The zero-order valence-corrected chi connectivity index (χ0v) is 40.8. The van der Waals surface area contributed by atoms with Gasteiger partial charge in [-0.2, -0.15) is 0 Å². The van der Waals surface area contributed by atoms with Crippen LogP contribution < -0.4 is 52.8 Å². The Bertz CT molecular complexity index is 3950. The van der Waals surface area contributed by atoms with Crippen molar-refractivity contribution in [3.05, 3.63) is 173 Å². The number of amides is 6. The van der Waals surface area contributed by atoms with Crippen molar-refractivity contribution in [3.8, 4) is 11.5 Å². The minimum absolute atomic E-state index is 0.0378. The van der Waals surface area contributed by atoms with Gasteiger partial charge in [0.15, 0.2) is 13.2 Å². The number of nitrogens with zero attached hydrogens (tertiary/aromatic N) is 6. The number of ether oxygens (including phenoxy) is 2. The maximum atomic E-state index is 13.1. The van der Waals surface area contributed by atoms with E-state index in [9.17, 15) is 58.2 Å². The van der Waals surface area contributed by atoms with Gasteiger partial charge in [0.2, 0.25) is 0 Å². The van der Waals surface area contributed by atoms with Gasteiger partial charge >= 0.3 is 23.3 Å². The second kappa shape index (κ2) is 21.8. The van der Waals surface area contributed by atoms with Crippen LogP contribution >= 0.6 is 0 Å². The molecule has 0 unspecified atom stereocenters. The third kappa shape index (κ3) is 11.4. The molecule has 0 aliphatic carbocycles. The lowest BCUT2D eigenvalue weighted by molar-refractivity contribution is -0.119. The zero-order valence-electron chi connectivity index (χ0n) is 40.8. The van der Waals surface area contributed by atoms with Crippen molar-refractivity contribution in [3.63, 3.8) is 0 Å². The van der Waals surface area contributed by atoms with Crippen LogP contribution in [0.5, 0.6) is 11.5 Å². The highest BCUT2D eigenvalue weighted by Gasteiger charge is 2.24. The molecule has 78 heavy (non-hydrogen) atoms. The van der Waals surface area contributed by atoms with Crippen molar-refractivity contribution in [1.82, 2.24) is 60.4 Å². The molecule has 396 valence electrons. The summed E-state index contributed by atoms with van der Waals surface area (Å²) in [5, 5.41) is 46.4. The molecule has 0 bridgehead atoms. The SMILES string of the molecule is Cc1cc(CNC(=O)c2cc(C(=O)NCc3ccc4c(c3)NC(=O)CO4)n3c(=O)[nH]nc3n2)ccc1C(=O)O.Cc1cc(CNC(=O)c2cc(C(=O)NCc3ccc4c(c3)NC(=O)CO4)nc3n[nH]c(=O)n23)ccc1C(=O)O.